The minimum absolute atomic E-state index is 0.0705. The van der Waals surface area contributed by atoms with E-state index in [1.807, 2.05) is 70.9 Å². The molecule has 3 aromatic rings. The van der Waals surface area contributed by atoms with Crippen molar-refractivity contribution in [3.05, 3.63) is 81.5 Å². The molecule has 0 spiro atoms. The fourth-order valence-corrected chi connectivity index (χ4v) is 4.19. The number of nitrogens with zero attached hydrogens (tertiary/aromatic N) is 1. The smallest absolute Gasteiger partial charge is 0.264 e. The molecule has 3 nitrogen and oxygen atoms in total. The first-order valence-electron chi connectivity index (χ1n) is 8.51. The molecule has 26 heavy (non-hydrogen) atoms. The molecule has 1 fully saturated rings. The lowest BCUT2D eigenvalue weighted by atomic mass is 10.1. The van der Waals surface area contributed by atoms with Gasteiger partial charge in [-0.15, -0.1) is 11.3 Å². The molecule has 1 amide bonds. The Morgan fingerprint density at radius 3 is 2.62 bits per heavy atom. The van der Waals surface area contributed by atoms with E-state index in [4.69, 9.17) is 16.3 Å². The van der Waals surface area contributed by atoms with Gasteiger partial charge in [-0.05, 0) is 34.7 Å². The summed E-state index contributed by atoms with van der Waals surface area (Å²) in [5.74, 6) is 0.0705. The second-order valence-corrected chi connectivity index (χ2v) is 7.54. The van der Waals surface area contributed by atoms with Crippen molar-refractivity contribution in [1.82, 2.24) is 4.90 Å². The Morgan fingerprint density at radius 1 is 1.08 bits per heavy atom. The van der Waals surface area contributed by atoms with Crippen molar-refractivity contribution in [2.75, 3.05) is 19.7 Å². The summed E-state index contributed by atoms with van der Waals surface area (Å²) in [5, 5.41) is 2.68. The monoisotopic (exact) mass is 383 g/mol. The zero-order chi connectivity index (χ0) is 17.9. The molecule has 2 aromatic carbocycles. The number of benzene rings is 2. The molecule has 1 aliphatic heterocycles. The van der Waals surface area contributed by atoms with Gasteiger partial charge in [-0.25, -0.2) is 0 Å². The fraction of sp³-hybridized carbons (Fsp3) is 0.190. The zero-order valence-electron chi connectivity index (χ0n) is 14.1. The zero-order valence-corrected chi connectivity index (χ0v) is 15.7. The number of carbonyl (C=O) groups excluding carboxylic acids is 1. The minimum Gasteiger partial charge on any atom is -0.370 e. The van der Waals surface area contributed by atoms with Gasteiger partial charge in [0.05, 0.1) is 18.0 Å². The molecule has 1 atom stereocenters. The van der Waals surface area contributed by atoms with E-state index in [9.17, 15) is 4.79 Å². The second kappa shape index (κ2) is 7.62. The highest BCUT2D eigenvalue weighted by Gasteiger charge is 2.28. The molecular formula is C21H18ClNO2S. The van der Waals surface area contributed by atoms with Gasteiger partial charge in [0, 0.05) is 17.1 Å². The Bertz CT molecular complexity index is 892. The van der Waals surface area contributed by atoms with E-state index in [2.05, 4.69) is 0 Å². The average molecular weight is 384 g/mol. The number of morpholine rings is 1. The predicted molar refractivity (Wildman–Crippen MR) is 106 cm³/mol. The number of amides is 1. The van der Waals surface area contributed by atoms with E-state index in [1.165, 1.54) is 11.3 Å². The lowest BCUT2D eigenvalue weighted by molar-refractivity contribution is -0.0226. The third-order valence-electron chi connectivity index (χ3n) is 4.54. The first-order valence-corrected chi connectivity index (χ1v) is 9.77. The van der Waals surface area contributed by atoms with Crippen molar-refractivity contribution in [2.45, 2.75) is 6.10 Å². The number of thiophene rings is 1. The van der Waals surface area contributed by atoms with E-state index in [0.29, 0.717) is 24.7 Å². The topological polar surface area (TPSA) is 29.5 Å². The van der Waals surface area contributed by atoms with Crippen LogP contribution in [-0.2, 0) is 4.74 Å². The van der Waals surface area contributed by atoms with Crippen molar-refractivity contribution < 1.29 is 9.53 Å². The first kappa shape index (κ1) is 17.3. The van der Waals surface area contributed by atoms with E-state index in [0.717, 1.165) is 21.6 Å². The number of halogens is 1. The Balaban J connectivity index is 1.55. The van der Waals surface area contributed by atoms with Crippen LogP contribution in [0.2, 0.25) is 5.02 Å². The molecule has 5 heteroatoms. The molecule has 1 saturated heterocycles. The molecule has 0 aliphatic carbocycles. The first-order chi connectivity index (χ1) is 12.7. The molecule has 1 aromatic heterocycles. The van der Waals surface area contributed by atoms with Gasteiger partial charge >= 0.3 is 0 Å². The molecule has 0 bridgehead atoms. The lowest BCUT2D eigenvalue weighted by Gasteiger charge is -2.33. The number of carbonyl (C=O) groups is 1. The number of hydrogen-bond acceptors (Lipinski definition) is 3. The van der Waals surface area contributed by atoms with Crippen molar-refractivity contribution in [3.8, 4) is 11.1 Å². The summed E-state index contributed by atoms with van der Waals surface area (Å²) in [6.45, 7) is 1.69. The van der Waals surface area contributed by atoms with Gasteiger partial charge in [-0.3, -0.25) is 4.79 Å². The van der Waals surface area contributed by atoms with Crippen LogP contribution in [-0.4, -0.2) is 30.5 Å². The SMILES string of the molecule is O=C(c1sccc1-c1ccccc1)N1CCOC(c2ccc(Cl)cc2)C1. The summed E-state index contributed by atoms with van der Waals surface area (Å²) in [7, 11) is 0. The highest BCUT2D eigenvalue weighted by Crippen LogP contribution is 2.31. The number of rotatable bonds is 3. The highest BCUT2D eigenvalue weighted by molar-refractivity contribution is 7.12. The minimum atomic E-state index is -0.120. The van der Waals surface area contributed by atoms with Gasteiger partial charge < -0.3 is 9.64 Å². The van der Waals surface area contributed by atoms with Gasteiger partial charge in [0.2, 0.25) is 0 Å². The summed E-state index contributed by atoms with van der Waals surface area (Å²) >= 11 is 7.46. The Labute approximate surface area is 161 Å². The molecule has 4 rings (SSSR count). The van der Waals surface area contributed by atoms with Gasteiger partial charge in [-0.1, -0.05) is 54.1 Å². The summed E-state index contributed by atoms with van der Waals surface area (Å²) in [6.07, 6.45) is -0.120. The van der Waals surface area contributed by atoms with Gasteiger partial charge in [-0.2, -0.15) is 0 Å². The average Bonchev–Trinajstić information content (AvgIpc) is 3.18. The summed E-state index contributed by atoms with van der Waals surface area (Å²) in [6, 6.07) is 19.7. The van der Waals surface area contributed by atoms with Crippen LogP contribution in [0.1, 0.15) is 21.3 Å². The van der Waals surface area contributed by atoms with Crippen LogP contribution in [0.15, 0.2) is 66.0 Å². The van der Waals surface area contributed by atoms with Crippen molar-refractivity contribution in [2.24, 2.45) is 0 Å². The maximum Gasteiger partial charge on any atom is 0.264 e. The Morgan fingerprint density at radius 2 is 1.85 bits per heavy atom. The molecule has 2 heterocycles. The quantitative estimate of drug-likeness (QED) is 0.615. The van der Waals surface area contributed by atoms with Crippen molar-refractivity contribution in [3.63, 3.8) is 0 Å². The maximum absolute atomic E-state index is 13.1. The fourth-order valence-electron chi connectivity index (χ4n) is 3.18. The van der Waals surface area contributed by atoms with Crippen LogP contribution in [0.5, 0.6) is 0 Å². The van der Waals surface area contributed by atoms with Crippen LogP contribution >= 0.6 is 22.9 Å². The Hall–Kier alpha value is -2.14. The molecule has 0 saturated carbocycles. The largest absolute Gasteiger partial charge is 0.370 e. The molecule has 1 aliphatic rings. The predicted octanol–water partition coefficient (Wildman–Crippen LogP) is 5.28. The van der Waals surface area contributed by atoms with E-state index in [1.54, 1.807) is 0 Å². The van der Waals surface area contributed by atoms with Crippen LogP contribution in [0, 0.1) is 0 Å². The Kier molecular flexibility index (Phi) is 5.07. The van der Waals surface area contributed by atoms with Crippen LogP contribution in [0.4, 0.5) is 0 Å². The van der Waals surface area contributed by atoms with E-state index < -0.39 is 0 Å². The second-order valence-electron chi connectivity index (χ2n) is 6.19. The number of ether oxygens (including phenoxy) is 1. The molecular weight excluding hydrogens is 366 g/mol. The van der Waals surface area contributed by atoms with Gasteiger partial charge in [0.15, 0.2) is 0 Å². The normalized spacial score (nSPS) is 17.3. The van der Waals surface area contributed by atoms with Crippen LogP contribution < -0.4 is 0 Å². The number of hydrogen-bond donors (Lipinski definition) is 0. The molecule has 1 unspecified atom stereocenters. The van der Waals surface area contributed by atoms with E-state index >= 15 is 0 Å². The maximum atomic E-state index is 13.1. The lowest BCUT2D eigenvalue weighted by Crippen LogP contribution is -2.42. The van der Waals surface area contributed by atoms with E-state index in [-0.39, 0.29) is 12.0 Å². The summed E-state index contributed by atoms with van der Waals surface area (Å²) in [4.78, 5) is 15.8. The molecule has 132 valence electrons. The van der Waals surface area contributed by atoms with Gasteiger partial charge in [0.1, 0.15) is 6.10 Å². The summed E-state index contributed by atoms with van der Waals surface area (Å²) in [5.41, 5.74) is 3.11. The van der Waals surface area contributed by atoms with Gasteiger partial charge in [0.25, 0.3) is 5.91 Å². The third-order valence-corrected chi connectivity index (χ3v) is 5.69. The highest BCUT2D eigenvalue weighted by atomic mass is 35.5. The van der Waals surface area contributed by atoms with Crippen LogP contribution in [0.25, 0.3) is 11.1 Å². The summed E-state index contributed by atoms with van der Waals surface area (Å²) < 4.78 is 5.88. The standard InChI is InChI=1S/C21H18ClNO2S/c22-17-8-6-16(7-9-17)19-14-23(11-12-25-19)21(24)20-18(10-13-26-20)15-4-2-1-3-5-15/h1-10,13,19H,11-12,14H2. The van der Waals surface area contributed by atoms with Crippen molar-refractivity contribution in [1.29, 1.82) is 0 Å². The molecule has 0 N–H and O–H groups in total. The molecule has 0 radical (unpaired) electrons. The van der Waals surface area contributed by atoms with Crippen molar-refractivity contribution >= 4 is 28.8 Å². The van der Waals surface area contributed by atoms with Crippen LogP contribution in [0.3, 0.4) is 0 Å². The third kappa shape index (κ3) is 3.54.